The Balaban J connectivity index is 1.59. The second-order valence-electron chi connectivity index (χ2n) is 6.36. The lowest BCUT2D eigenvalue weighted by atomic mass is 9.96. The first-order valence-corrected chi connectivity index (χ1v) is 7.99. The predicted molar refractivity (Wildman–Crippen MR) is 86.8 cm³/mol. The number of dihydropyridines is 1. The summed E-state index contributed by atoms with van der Waals surface area (Å²) < 4.78 is 6.08. The van der Waals surface area contributed by atoms with Crippen molar-refractivity contribution in [3.05, 3.63) is 60.0 Å². The molecule has 0 aromatic carbocycles. The molecule has 1 saturated heterocycles. The molecule has 3 atom stereocenters. The molecular weight excluding hydrogens is 308 g/mol. The number of amides is 1. The molecule has 0 radical (unpaired) electrons. The minimum absolute atomic E-state index is 0.0165. The second kappa shape index (κ2) is 5.45. The fourth-order valence-corrected chi connectivity index (χ4v) is 3.31. The number of hydroxylamine groups is 2. The van der Waals surface area contributed by atoms with Gasteiger partial charge in [0, 0.05) is 12.2 Å². The number of furan rings is 1. The average molecular weight is 328 g/mol. The zero-order valence-electron chi connectivity index (χ0n) is 13.4. The van der Waals surface area contributed by atoms with Crippen LogP contribution in [0.2, 0.25) is 0 Å². The van der Waals surface area contributed by atoms with Gasteiger partial charge in [0.25, 0.3) is 0 Å². The molecule has 4 heterocycles. The van der Waals surface area contributed by atoms with Gasteiger partial charge in [-0.15, -0.1) is 5.06 Å². The fourth-order valence-electron chi connectivity index (χ4n) is 3.31. The largest absolute Gasteiger partial charge is 0.461 e. The van der Waals surface area contributed by atoms with Crippen LogP contribution in [0, 0.1) is 0 Å². The van der Waals surface area contributed by atoms with E-state index in [1.54, 1.807) is 17.4 Å². The highest BCUT2D eigenvalue weighted by Crippen LogP contribution is 2.35. The van der Waals surface area contributed by atoms with E-state index in [1.807, 2.05) is 37.4 Å². The molecule has 0 saturated carbocycles. The third-order valence-electron chi connectivity index (χ3n) is 4.59. The molecule has 7 nitrogen and oxygen atoms in total. The zero-order valence-corrected chi connectivity index (χ0v) is 13.4. The SMILES string of the molecule is CC1(c2ccc(C3C=CON3[C@@H]3CCNC3=O)o2)C=C(N)C=CN1. The highest BCUT2D eigenvalue weighted by molar-refractivity contribution is 5.83. The number of nitrogens with zero attached hydrogens (tertiary/aromatic N) is 1. The Hall–Kier alpha value is -2.67. The van der Waals surface area contributed by atoms with Crippen LogP contribution in [-0.4, -0.2) is 23.6 Å². The van der Waals surface area contributed by atoms with Gasteiger partial charge in [-0.05, 0) is 49.9 Å². The van der Waals surface area contributed by atoms with Gasteiger partial charge in [0.2, 0.25) is 5.91 Å². The number of nitrogens with two attached hydrogens (primary N) is 1. The minimum atomic E-state index is -0.504. The van der Waals surface area contributed by atoms with Crippen molar-refractivity contribution in [2.24, 2.45) is 5.73 Å². The maximum absolute atomic E-state index is 11.9. The Morgan fingerprint density at radius 3 is 3.04 bits per heavy atom. The topological polar surface area (TPSA) is 92.8 Å². The van der Waals surface area contributed by atoms with Gasteiger partial charge >= 0.3 is 0 Å². The van der Waals surface area contributed by atoms with Crippen molar-refractivity contribution in [2.75, 3.05) is 6.54 Å². The average Bonchev–Trinajstić information content (AvgIpc) is 3.26. The molecule has 24 heavy (non-hydrogen) atoms. The van der Waals surface area contributed by atoms with E-state index in [0.717, 1.165) is 11.5 Å². The summed E-state index contributed by atoms with van der Waals surface area (Å²) in [6.07, 6.45) is 9.73. The lowest BCUT2D eigenvalue weighted by molar-refractivity contribution is -0.158. The first-order chi connectivity index (χ1) is 11.6. The molecule has 1 amide bonds. The summed E-state index contributed by atoms with van der Waals surface area (Å²) in [5.41, 5.74) is 6.08. The number of carbonyl (C=O) groups is 1. The van der Waals surface area contributed by atoms with Gasteiger partial charge in [-0.25, -0.2) is 0 Å². The quantitative estimate of drug-likeness (QED) is 0.771. The van der Waals surface area contributed by atoms with Crippen molar-refractivity contribution in [1.82, 2.24) is 15.7 Å². The number of rotatable bonds is 3. The van der Waals surface area contributed by atoms with Crippen molar-refractivity contribution in [3.63, 3.8) is 0 Å². The molecule has 7 heteroatoms. The second-order valence-corrected chi connectivity index (χ2v) is 6.36. The van der Waals surface area contributed by atoms with Crippen molar-refractivity contribution in [3.8, 4) is 0 Å². The van der Waals surface area contributed by atoms with Crippen LogP contribution in [0.3, 0.4) is 0 Å². The molecule has 2 unspecified atom stereocenters. The van der Waals surface area contributed by atoms with Crippen molar-refractivity contribution >= 4 is 5.91 Å². The van der Waals surface area contributed by atoms with Crippen molar-refractivity contribution < 1.29 is 14.0 Å². The fraction of sp³-hybridized carbons (Fsp3) is 0.353. The van der Waals surface area contributed by atoms with E-state index in [9.17, 15) is 4.79 Å². The first kappa shape index (κ1) is 14.9. The number of carbonyl (C=O) groups excluding carboxylic acids is 1. The molecule has 3 aliphatic heterocycles. The number of nitrogens with one attached hydrogen (secondary N) is 2. The summed E-state index contributed by atoms with van der Waals surface area (Å²) >= 11 is 0. The summed E-state index contributed by atoms with van der Waals surface area (Å²) in [7, 11) is 0. The third kappa shape index (κ3) is 2.37. The maximum atomic E-state index is 11.9. The van der Waals surface area contributed by atoms with Gasteiger partial charge in [0.15, 0.2) is 0 Å². The van der Waals surface area contributed by atoms with Crippen LogP contribution < -0.4 is 16.4 Å². The molecule has 0 spiro atoms. The number of hydrogen-bond donors (Lipinski definition) is 3. The van der Waals surface area contributed by atoms with Crippen LogP contribution in [0.1, 0.15) is 30.9 Å². The summed E-state index contributed by atoms with van der Waals surface area (Å²) in [6.45, 7) is 2.66. The van der Waals surface area contributed by atoms with Gasteiger partial charge in [-0.1, -0.05) is 0 Å². The minimum Gasteiger partial charge on any atom is -0.461 e. The molecular formula is C17H20N4O3. The Morgan fingerprint density at radius 1 is 1.42 bits per heavy atom. The molecule has 4 rings (SSSR count). The van der Waals surface area contributed by atoms with Gasteiger partial charge in [-0.3, -0.25) is 4.79 Å². The zero-order chi connectivity index (χ0) is 16.7. The molecule has 1 aromatic heterocycles. The van der Waals surface area contributed by atoms with Crippen LogP contribution in [0.4, 0.5) is 0 Å². The summed E-state index contributed by atoms with van der Waals surface area (Å²) in [6, 6.07) is 3.30. The summed E-state index contributed by atoms with van der Waals surface area (Å²) in [4.78, 5) is 17.5. The van der Waals surface area contributed by atoms with Crippen molar-refractivity contribution in [1.29, 1.82) is 0 Å². The lowest BCUT2D eigenvalue weighted by Crippen LogP contribution is -2.39. The number of allylic oxidation sites excluding steroid dienone is 1. The van der Waals surface area contributed by atoms with Crippen LogP contribution in [0.15, 0.2) is 52.9 Å². The van der Waals surface area contributed by atoms with E-state index in [0.29, 0.717) is 18.7 Å². The monoisotopic (exact) mass is 328 g/mol. The van der Waals surface area contributed by atoms with E-state index in [-0.39, 0.29) is 18.0 Å². The van der Waals surface area contributed by atoms with Gasteiger partial charge in [-0.2, -0.15) is 0 Å². The van der Waals surface area contributed by atoms with Gasteiger partial charge < -0.3 is 25.6 Å². The summed E-state index contributed by atoms with van der Waals surface area (Å²) in [5, 5.41) is 7.78. The van der Waals surface area contributed by atoms with E-state index in [2.05, 4.69) is 10.6 Å². The van der Waals surface area contributed by atoms with Crippen LogP contribution >= 0.6 is 0 Å². The van der Waals surface area contributed by atoms with E-state index in [1.165, 1.54) is 0 Å². The molecule has 4 N–H and O–H groups in total. The van der Waals surface area contributed by atoms with Gasteiger partial charge in [0.1, 0.15) is 35.4 Å². The summed E-state index contributed by atoms with van der Waals surface area (Å²) in [5.74, 6) is 1.46. The Bertz CT molecular complexity index is 751. The van der Waals surface area contributed by atoms with E-state index >= 15 is 0 Å². The van der Waals surface area contributed by atoms with Crippen LogP contribution in [0.25, 0.3) is 0 Å². The Kier molecular flexibility index (Phi) is 3.38. The van der Waals surface area contributed by atoms with E-state index < -0.39 is 5.54 Å². The van der Waals surface area contributed by atoms with Crippen molar-refractivity contribution in [2.45, 2.75) is 31.0 Å². The van der Waals surface area contributed by atoms with Crippen LogP contribution in [0.5, 0.6) is 0 Å². The third-order valence-corrected chi connectivity index (χ3v) is 4.59. The molecule has 1 aromatic rings. The Morgan fingerprint density at radius 2 is 2.29 bits per heavy atom. The van der Waals surface area contributed by atoms with E-state index in [4.69, 9.17) is 15.0 Å². The number of hydrogen-bond acceptors (Lipinski definition) is 6. The Labute approximate surface area is 139 Å². The molecule has 3 aliphatic rings. The molecule has 1 fully saturated rings. The van der Waals surface area contributed by atoms with Gasteiger partial charge in [0.05, 0.1) is 0 Å². The molecule has 126 valence electrons. The predicted octanol–water partition coefficient (Wildman–Crippen LogP) is 1.14. The molecule has 0 bridgehead atoms. The smallest absolute Gasteiger partial charge is 0.240 e. The molecule has 0 aliphatic carbocycles. The standard InChI is InChI=1S/C17H20N4O3/c1-17(10-11(18)4-8-20-17)15-3-2-14(24-15)12-6-9-23-21(12)13-5-7-19-16(13)22/h2-4,6,8-10,12-13,20H,5,7,18H2,1H3,(H,19,22)/t12?,13-,17?/m1/s1. The maximum Gasteiger partial charge on any atom is 0.240 e. The van der Waals surface area contributed by atoms with Crippen LogP contribution in [-0.2, 0) is 15.2 Å². The highest BCUT2D eigenvalue weighted by Gasteiger charge is 2.40. The first-order valence-electron chi connectivity index (χ1n) is 7.99. The normalized spacial score (nSPS) is 32.4. The highest BCUT2D eigenvalue weighted by atomic mass is 16.7. The lowest BCUT2D eigenvalue weighted by Gasteiger charge is -2.28.